The lowest BCUT2D eigenvalue weighted by molar-refractivity contribution is -0.117. The second-order valence-corrected chi connectivity index (χ2v) is 3.83. The van der Waals surface area contributed by atoms with E-state index in [1.54, 1.807) is 0 Å². The van der Waals surface area contributed by atoms with Crippen LogP contribution in [0.5, 0.6) is 0 Å². The first-order valence-electron chi connectivity index (χ1n) is 5.84. The first-order valence-corrected chi connectivity index (χ1v) is 5.84. The zero-order chi connectivity index (χ0) is 11.6. The maximum atomic E-state index is 11.5. The average molecular weight is 214 g/mol. The molecule has 0 aliphatic rings. The minimum absolute atomic E-state index is 0.204. The first-order chi connectivity index (χ1) is 7.83. The lowest BCUT2D eigenvalue weighted by Gasteiger charge is -1.96. The third kappa shape index (κ3) is 5.36. The molecule has 1 nitrogen and oxygen atoms in total. The van der Waals surface area contributed by atoms with Gasteiger partial charge >= 0.3 is 0 Å². The van der Waals surface area contributed by atoms with E-state index >= 15 is 0 Å². The third-order valence-electron chi connectivity index (χ3n) is 2.31. The van der Waals surface area contributed by atoms with Gasteiger partial charge < -0.3 is 0 Å². The summed E-state index contributed by atoms with van der Waals surface area (Å²) < 4.78 is 0. The van der Waals surface area contributed by atoms with Gasteiger partial charge in [-0.25, -0.2) is 0 Å². The highest BCUT2D eigenvalue weighted by Crippen LogP contribution is 2.01. The van der Waals surface area contributed by atoms with Crippen LogP contribution in [0.25, 0.3) is 0 Å². The molecule has 0 saturated heterocycles. The number of rotatable bonds is 5. The van der Waals surface area contributed by atoms with E-state index in [-0.39, 0.29) is 5.78 Å². The van der Waals surface area contributed by atoms with Gasteiger partial charge in [-0.3, -0.25) is 4.79 Å². The van der Waals surface area contributed by atoms with Crippen molar-refractivity contribution in [1.29, 1.82) is 0 Å². The molecule has 16 heavy (non-hydrogen) atoms. The van der Waals surface area contributed by atoms with Gasteiger partial charge in [0.25, 0.3) is 0 Å². The van der Waals surface area contributed by atoms with Gasteiger partial charge in [-0.05, 0) is 12.0 Å². The number of Topliss-reactive ketones (excluding diaryl/α,β-unsaturated/α-hetero) is 1. The summed E-state index contributed by atoms with van der Waals surface area (Å²) in [5.74, 6) is 6.18. The monoisotopic (exact) mass is 214 g/mol. The average Bonchev–Trinajstić information content (AvgIpc) is 2.30. The van der Waals surface area contributed by atoms with Crippen LogP contribution < -0.4 is 0 Å². The first kappa shape index (κ1) is 12.5. The van der Waals surface area contributed by atoms with Crippen molar-refractivity contribution in [2.45, 2.75) is 39.0 Å². The number of carbonyl (C=O) groups excluding carboxylic acids is 1. The van der Waals surface area contributed by atoms with Crippen molar-refractivity contribution in [2.24, 2.45) is 0 Å². The summed E-state index contributed by atoms with van der Waals surface area (Å²) in [6.45, 7) is 2.14. The van der Waals surface area contributed by atoms with Crippen LogP contribution in [0.1, 0.15) is 38.2 Å². The molecule has 0 atom stereocenters. The van der Waals surface area contributed by atoms with Crippen LogP contribution >= 0.6 is 0 Å². The fourth-order valence-electron chi connectivity index (χ4n) is 1.40. The Bertz CT molecular complexity index is 367. The number of unbranched alkanes of at least 4 members (excludes halogenated alkanes) is 2. The summed E-state index contributed by atoms with van der Waals surface area (Å²) >= 11 is 0. The van der Waals surface area contributed by atoms with Crippen molar-refractivity contribution in [1.82, 2.24) is 0 Å². The minimum atomic E-state index is 0.204. The molecule has 1 aromatic rings. The SMILES string of the molecule is CCCCC#CCC(=O)Cc1ccccc1. The molecule has 0 fully saturated rings. The summed E-state index contributed by atoms with van der Waals surface area (Å²) in [4.78, 5) is 11.5. The Hall–Kier alpha value is -1.55. The Labute approximate surface area is 97.9 Å². The summed E-state index contributed by atoms with van der Waals surface area (Å²) in [5, 5.41) is 0. The van der Waals surface area contributed by atoms with Gasteiger partial charge in [0.05, 0.1) is 6.42 Å². The minimum Gasteiger partial charge on any atom is -0.298 e. The van der Waals surface area contributed by atoms with E-state index < -0.39 is 0 Å². The van der Waals surface area contributed by atoms with Crippen LogP contribution in [0.4, 0.5) is 0 Å². The number of hydrogen-bond acceptors (Lipinski definition) is 1. The van der Waals surface area contributed by atoms with Crippen LogP contribution in [-0.2, 0) is 11.2 Å². The van der Waals surface area contributed by atoms with Crippen LogP contribution in [0.15, 0.2) is 30.3 Å². The molecule has 0 unspecified atom stereocenters. The molecule has 84 valence electrons. The van der Waals surface area contributed by atoms with Crippen molar-refractivity contribution >= 4 is 5.78 Å². The molecule has 0 spiro atoms. The topological polar surface area (TPSA) is 17.1 Å². The van der Waals surface area contributed by atoms with Crippen LogP contribution in [0, 0.1) is 11.8 Å². The molecule has 1 aromatic carbocycles. The number of benzene rings is 1. The molecule has 1 heteroatoms. The zero-order valence-electron chi connectivity index (χ0n) is 9.83. The quantitative estimate of drug-likeness (QED) is 0.542. The standard InChI is InChI=1S/C15H18O/c1-2-3-4-5-9-12-15(16)13-14-10-7-6-8-11-14/h6-8,10-11H,2-4,12-13H2,1H3. The van der Waals surface area contributed by atoms with Gasteiger partial charge in [0.15, 0.2) is 0 Å². The normalized spacial score (nSPS) is 9.31. The Morgan fingerprint density at radius 1 is 1.19 bits per heavy atom. The van der Waals surface area contributed by atoms with Gasteiger partial charge in [-0.1, -0.05) is 49.6 Å². The Morgan fingerprint density at radius 2 is 1.94 bits per heavy atom. The van der Waals surface area contributed by atoms with Gasteiger partial charge in [0.2, 0.25) is 0 Å². The van der Waals surface area contributed by atoms with Crippen LogP contribution in [0.2, 0.25) is 0 Å². The Balaban J connectivity index is 2.28. The van der Waals surface area contributed by atoms with E-state index in [9.17, 15) is 4.79 Å². The highest BCUT2D eigenvalue weighted by Gasteiger charge is 2.00. The lowest BCUT2D eigenvalue weighted by atomic mass is 10.1. The fraction of sp³-hybridized carbons (Fsp3) is 0.400. The van der Waals surface area contributed by atoms with Gasteiger partial charge in [-0.2, -0.15) is 0 Å². The molecule has 0 aliphatic carbocycles. The summed E-state index contributed by atoms with van der Waals surface area (Å²) in [7, 11) is 0. The van der Waals surface area contributed by atoms with E-state index in [0.29, 0.717) is 12.8 Å². The highest BCUT2D eigenvalue weighted by molar-refractivity contribution is 5.83. The van der Waals surface area contributed by atoms with Gasteiger partial charge in [-0.15, -0.1) is 5.92 Å². The fourth-order valence-corrected chi connectivity index (χ4v) is 1.40. The molecular weight excluding hydrogens is 196 g/mol. The van der Waals surface area contributed by atoms with Crippen molar-refractivity contribution < 1.29 is 4.79 Å². The molecule has 0 saturated carbocycles. The molecule has 0 radical (unpaired) electrons. The van der Waals surface area contributed by atoms with Crippen LogP contribution in [-0.4, -0.2) is 5.78 Å². The Kier molecular flexibility index (Phi) is 6.03. The molecule has 0 N–H and O–H groups in total. The molecule has 0 aromatic heterocycles. The molecule has 0 heterocycles. The van der Waals surface area contributed by atoms with Crippen molar-refractivity contribution in [3.05, 3.63) is 35.9 Å². The van der Waals surface area contributed by atoms with Crippen molar-refractivity contribution in [2.75, 3.05) is 0 Å². The third-order valence-corrected chi connectivity index (χ3v) is 2.31. The number of carbonyl (C=O) groups is 1. The second kappa shape index (κ2) is 7.70. The molecule has 0 aliphatic heterocycles. The molecule has 1 rings (SSSR count). The molecular formula is C15H18O. The predicted octanol–water partition coefficient (Wildman–Crippen LogP) is 3.38. The van der Waals surface area contributed by atoms with Gasteiger partial charge in [0, 0.05) is 12.8 Å². The Morgan fingerprint density at radius 3 is 2.62 bits per heavy atom. The van der Waals surface area contributed by atoms with E-state index in [1.165, 1.54) is 0 Å². The smallest absolute Gasteiger partial charge is 0.149 e. The summed E-state index contributed by atoms with van der Waals surface area (Å²) in [5.41, 5.74) is 1.07. The number of ketones is 1. The van der Waals surface area contributed by atoms with E-state index in [2.05, 4.69) is 18.8 Å². The van der Waals surface area contributed by atoms with E-state index in [1.807, 2.05) is 30.3 Å². The van der Waals surface area contributed by atoms with Gasteiger partial charge in [0.1, 0.15) is 5.78 Å². The number of hydrogen-bond donors (Lipinski definition) is 0. The van der Waals surface area contributed by atoms with Crippen molar-refractivity contribution in [3.8, 4) is 11.8 Å². The highest BCUT2D eigenvalue weighted by atomic mass is 16.1. The second-order valence-electron chi connectivity index (χ2n) is 3.83. The maximum Gasteiger partial charge on any atom is 0.149 e. The molecule has 0 amide bonds. The lowest BCUT2D eigenvalue weighted by Crippen LogP contribution is -2.00. The van der Waals surface area contributed by atoms with E-state index in [4.69, 9.17) is 0 Å². The zero-order valence-corrected chi connectivity index (χ0v) is 9.83. The predicted molar refractivity (Wildman–Crippen MR) is 67.1 cm³/mol. The molecule has 0 bridgehead atoms. The van der Waals surface area contributed by atoms with Crippen molar-refractivity contribution in [3.63, 3.8) is 0 Å². The van der Waals surface area contributed by atoms with E-state index in [0.717, 1.165) is 24.8 Å². The van der Waals surface area contributed by atoms with Crippen LogP contribution in [0.3, 0.4) is 0 Å². The summed E-state index contributed by atoms with van der Waals surface area (Å²) in [6.07, 6.45) is 4.09. The largest absolute Gasteiger partial charge is 0.298 e. The summed E-state index contributed by atoms with van der Waals surface area (Å²) in [6, 6.07) is 9.81. The maximum absolute atomic E-state index is 11.5.